The maximum Gasteiger partial charge on any atom is 0.141 e. The van der Waals surface area contributed by atoms with E-state index in [9.17, 15) is 4.39 Å². The van der Waals surface area contributed by atoms with Crippen LogP contribution in [0.4, 0.5) is 10.1 Å². The third-order valence-corrected chi connectivity index (χ3v) is 3.74. The third-order valence-electron chi connectivity index (χ3n) is 3.45. The highest BCUT2D eigenvalue weighted by molar-refractivity contribution is 6.31. The van der Waals surface area contributed by atoms with Gasteiger partial charge in [0.2, 0.25) is 0 Å². The summed E-state index contributed by atoms with van der Waals surface area (Å²) >= 11 is 5.78. The minimum Gasteiger partial charge on any atom is -0.368 e. The lowest BCUT2D eigenvalue weighted by molar-refractivity contribution is 0.508. The first kappa shape index (κ1) is 11.7. The molecule has 1 fully saturated rings. The molecule has 0 radical (unpaired) electrons. The zero-order valence-corrected chi connectivity index (χ0v) is 10.0. The van der Waals surface area contributed by atoms with Gasteiger partial charge in [0.25, 0.3) is 0 Å². The van der Waals surface area contributed by atoms with Crippen molar-refractivity contribution in [1.82, 2.24) is 0 Å². The molecule has 88 valence electrons. The number of halogens is 2. The molecule has 1 aliphatic rings. The second-order valence-corrected chi connectivity index (χ2v) is 4.72. The number of nitrogens with two attached hydrogens (primary N) is 1. The summed E-state index contributed by atoms with van der Waals surface area (Å²) in [5.74, 6) is 0.150. The highest BCUT2D eigenvalue weighted by Crippen LogP contribution is 2.31. The van der Waals surface area contributed by atoms with Gasteiger partial charge in [-0.25, -0.2) is 4.39 Å². The van der Waals surface area contributed by atoms with Crippen LogP contribution in [0.25, 0.3) is 0 Å². The summed E-state index contributed by atoms with van der Waals surface area (Å²) in [6.45, 7) is 3.82. The van der Waals surface area contributed by atoms with E-state index in [1.807, 2.05) is 0 Å². The number of hydrogen-bond acceptors (Lipinski definition) is 2. The van der Waals surface area contributed by atoms with Crippen LogP contribution >= 0.6 is 11.6 Å². The van der Waals surface area contributed by atoms with E-state index in [4.69, 9.17) is 17.3 Å². The van der Waals surface area contributed by atoms with E-state index in [0.29, 0.717) is 18.5 Å². The van der Waals surface area contributed by atoms with Crippen molar-refractivity contribution >= 4 is 17.3 Å². The average molecular weight is 243 g/mol. The Hall–Kier alpha value is -0.800. The van der Waals surface area contributed by atoms with Crippen LogP contribution in [0.15, 0.2) is 18.2 Å². The molecule has 0 bridgehead atoms. The fourth-order valence-corrected chi connectivity index (χ4v) is 2.52. The van der Waals surface area contributed by atoms with Crippen molar-refractivity contribution in [3.63, 3.8) is 0 Å². The summed E-state index contributed by atoms with van der Waals surface area (Å²) in [7, 11) is 0. The van der Waals surface area contributed by atoms with Gasteiger partial charge < -0.3 is 10.6 Å². The molecule has 2 nitrogen and oxygen atoms in total. The summed E-state index contributed by atoms with van der Waals surface area (Å²) in [5.41, 5.74) is 6.69. The predicted octanol–water partition coefficient (Wildman–Crippen LogP) is 2.65. The predicted molar refractivity (Wildman–Crippen MR) is 65.4 cm³/mol. The minimum atomic E-state index is -0.368. The second-order valence-electron chi connectivity index (χ2n) is 4.32. The lowest BCUT2D eigenvalue weighted by Gasteiger charge is -2.26. The van der Waals surface area contributed by atoms with Crippen LogP contribution in [0.2, 0.25) is 5.02 Å². The smallest absolute Gasteiger partial charge is 0.141 e. The maximum atomic E-state index is 13.1. The number of hydrogen-bond donors (Lipinski definition) is 1. The van der Waals surface area contributed by atoms with Crippen LogP contribution in [-0.2, 0) is 0 Å². The Bertz CT molecular complexity index is 383. The zero-order valence-electron chi connectivity index (χ0n) is 9.29. The molecule has 0 aromatic heterocycles. The van der Waals surface area contributed by atoms with Gasteiger partial charge >= 0.3 is 0 Å². The fourth-order valence-electron chi connectivity index (χ4n) is 2.35. The highest BCUT2D eigenvalue weighted by atomic mass is 35.5. The molecular formula is C12H16ClFN2. The SMILES string of the molecule is CC1C(CN)CCN1c1ccc(F)c(Cl)c1. The molecule has 0 saturated carbocycles. The molecule has 0 spiro atoms. The lowest BCUT2D eigenvalue weighted by atomic mass is 10.0. The molecule has 4 heteroatoms. The van der Waals surface area contributed by atoms with E-state index in [0.717, 1.165) is 18.7 Å². The average Bonchev–Trinajstić information content (AvgIpc) is 2.64. The standard InChI is InChI=1S/C12H16ClFN2/c1-8-9(7-15)4-5-16(8)10-2-3-12(14)11(13)6-10/h2-3,6,8-9H,4-5,7,15H2,1H3. The molecule has 2 N–H and O–H groups in total. The van der Waals surface area contributed by atoms with Crippen molar-refractivity contribution in [2.24, 2.45) is 11.7 Å². The van der Waals surface area contributed by atoms with Gasteiger partial charge in [0.05, 0.1) is 5.02 Å². The maximum absolute atomic E-state index is 13.1. The Morgan fingerprint density at radius 2 is 2.31 bits per heavy atom. The lowest BCUT2D eigenvalue weighted by Crippen LogP contribution is -2.32. The van der Waals surface area contributed by atoms with Crippen LogP contribution in [-0.4, -0.2) is 19.1 Å². The molecule has 1 heterocycles. The first-order valence-corrected chi connectivity index (χ1v) is 5.93. The Balaban J connectivity index is 2.22. The number of nitrogens with zero attached hydrogens (tertiary/aromatic N) is 1. The largest absolute Gasteiger partial charge is 0.368 e. The number of benzene rings is 1. The molecule has 0 aliphatic carbocycles. The summed E-state index contributed by atoms with van der Waals surface area (Å²) in [4.78, 5) is 2.24. The van der Waals surface area contributed by atoms with Crippen molar-refractivity contribution < 1.29 is 4.39 Å². The Kier molecular flexibility index (Phi) is 3.36. The van der Waals surface area contributed by atoms with Crippen LogP contribution in [0.3, 0.4) is 0 Å². The molecule has 0 amide bonds. The van der Waals surface area contributed by atoms with Crippen LogP contribution in [0.5, 0.6) is 0 Å². The zero-order chi connectivity index (χ0) is 11.7. The van der Waals surface area contributed by atoms with Crippen LogP contribution < -0.4 is 10.6 Å². The molecule has 2 unspecified atom stereocenters. The van der Waals surface area contributed by atoms with E-state index < -0.39 is 0 Å². The first-order chi connectivity index (χ1) is 7.63. The van der Waals surface area contributed by atoms with E-state index in [2.05, 4.69) is 11.8 Å². The van der Waals surface area contributed by atoms with Crippen molar-refractivity contribution in [3.05, 3.63) is 29.0 Å². The van der Waals surface area contributed by atoms with E-state index >= 15 is 0 Å². The Labute approximate surface area is 100 Å². The van der Waals surface area contributed by atoms with Crippen LogP contribution in [0, 0.1) is 11.7 Å². The van der Waals surface area contributed by atoms with Crippen LogP contribution in [0.1, 0.15) is 13.3 Å². The molecule has 16 heavy (non-hydrogen) atoms. The monoisotopic (exact) mass is 242 g/mol. The van der Waals surface area contributed by atoms with Crippen molar-refractivity contribution in [2.45, 2.75) is 19.4 Å². The summed E-state index contributed by atoms with van der Waals surface area (Å²) in [5, 5.41) is 0.181. The summed E-state index contributed by atoms with van der Waals surface area (Å²) in [6, 6.07) is 5.27. The molecule has 1 saturated heterocycles. The van der Waals surface area contributed by atoms with Crippen molar-refractivity contribution in [1.29, 1.82) is 0 Å². The molecule has 1 aromatic carbocycles. The molecule has 1 aliphatic heterocycles. The molecule has 2 rings (SSSR count). The normalized spacial score (nSPS) is 25.1. The van der Waals surface area contributed by atoms with Gasteiger partial charge in [-0.15, -0.1) is 0 Å². The van der Waals surface area contributed by atoms with E-state index in [1.165, 1.54) is 6.07 Å². The Morgan fingerprint density at radius 3 is 2.88 bits per heavy atom. The fraction of sp³-hybridized carbons (Fsp3) is 0.500. The summed E-state index contributed by atoms with van der Waals surface area (Å²) < 4.78 is 13.1. The van der Waals surface area contributed by atoms with Crippen molar-refractivity contribution in [3.8, 4) is 0 Å². The van der Waals surface area contributed by atoms with E-state index in [1.54, 1.807) is 12.1 Å². The van der Waals surface area contributed by atoms with Gasteiger partial charge in [0, 0.05) is 18.3 Å². The second kappa shape index (κ2) is 4.60. The van der Waals surface area contributed by atoms with Crippen molar-refractivity contribution in [2.75, 3.05) is 18.0 Å². The highest BCUT2D eigenvalue weighted by Gasteiger charge is 2.29. The van der Waals surface area contributed by atoms with Gasteiger partial charge in [0.1, 0.15) is 5.82 Å². The Morgan fingerprint density at radius 1 is 1.56 bits per heavy atom. The van der Waals surface area contributed by atoms with E-state index in [-0.39, 0.29) is 10.8 Å². The van der Waals surface area contributed by atoms with Gasteiger partial charge in [0.15, 0.2) is 0 Å². The van der Waals surface area contributed by atoms with Gasteiger partial charge in [-0.05, 0) is 44.0 Å². The molecule has 1 aromatic rings. The number of rotatable bonds is 2. The number of anilines is 1. The minimum absolute atomic E-state index is 0.181. The molecular weight excluding hydrogens is 227 g/mol. The third kappa shape index (κ3) is 2.02. The summed E-state index contributed by atoms with van der Waals surface area (Å²) in [6.07, 6.45) is 1.09. The topological polar surface area (TPSA) is 29.3 Å². The quantitative estimate of drug-likeness (QED) is 0.864. The van der Waals surface area contributed by atoms with Gasteiger partial charge in [-0.3, -0.25) is 0 Å². The van der Waals surface area contributed by atoms with Gasteiger partial charge in [-0.2, -0.15) is 0 Å². The first-order valence-electron chi connectivity index (χ1n) is 5.55. The van der Waals surface area contributed by atoms with Gasteiger partial charge in [-0.1, -0.05) is 11.6 Å². The molecule has 2 atom stereocenters.